The summed E-state index contributed by atoms with van der Waals surface area (Å²) in [5.41, 5.74) is 2.15. The molecule has 1 aliphatic rings. The Kier molecular flexibility index (Phi) is 6.04. The van der Waals surface area contributed by atoms with Crippen LogP contribution in [0.25, 0.3) is 6.08 Å². The summed E-state index contributed by atoms with van der Waals surface area (Å²) >= 11 is 14.5. The highest BCUT2D eigenvalue weighted by Crippen LogP contribution is 2.35. The molecule has 27 heavy (non-hydrogen) atoms. The summed E-state index contributed by atoms with van der Waals surface area (Å²) in [5.74, 6) is 0.953. The second kappa shape index (κ2) is 8.29. The van der Waals surface area contributed by atoms with Gasteiger partial charge in [0.15, 0.2) is 16.6 Å². The number of rotatable bonds is 5. The highest BCUT2D eigenvalue weighted by atomic mass is 79.9. The molecule has 1 fully saturated rings. The summed E-state index contributed by atoms with van der Waals surface area (Å²) in [4.78, 5) is 13.5. The molecule has 8 heteroatoms. The molecule has 1 heterocycles. The van der Waals surface area contributed by atoms with Crippen LogP contribution in [0.1, 0.15) is 11.1 Å². The van der Waals surface area contributed by atoms with Gasteiger partial charge in [0.2, 0.25) is 0 Å². The van der Waals surface area contributed by atoms with Gasteiger partial charge in [0, 0.05) is 16.5 Å². The zero-order valence-electron chi connectivity index (χ0n) is 14.6. The van der Waals surface area contributed by atoms with Gasteiger partial charge in [-0.25, -0.2) is 0 Å². The fourth-order valence-corrected chi connectivity index (χ4v) is 3.21. The second-order valence-corrected chi connectivity index (χ2v) is 7.47. The fraction of sp³-hybridized carbons (Fsp3) is 0.158. The van der Waals surface area contributed by atoms with Crippen LogP contribution < -0.4 is 14.8 Å². The number of ether oxygens (including phenoxy) is 2. The van der Waals surface area contributed by atoms with Gasteiger partial charge in [0.25, 0.3) is 5.91 Å². The number of hydrogen-bond acceptors (Lipinski definition) is 4. The van der Waals surface area contributed by atoms with Crippen molar-refractivity contribution in [3.8, 4) is 11.5 Å². The number of carbonyl (C=O) groups excluding carboxylic acids is 1. The van der Waals surface area contributed by atoms with Crippen LogP contribution in [0.15, 0.2) is 46.6 Å². The molecule has 0 aliphatic carbocycles. The smallest absolute Gasteiger partial charge is 0.276 e. The van der Waals surface area contributed by atoms with E-state index in [1.807, 2.05) is 30.3 Å². The minimum Gasteiger partial charge on any atom is -0.493 e. The van der Waals surface area contributed by atoms with E-state index in [-0.39, 0.29) is 5.91 Å². The van der Waals surface area contributed by atoms with Gasteiger partial charge in [-0.3, -0.25) is 9.69 Å². The van der Waals surface area contributed by atoms with Crippen molar-refractivity contribution in [3.63, 3.8) is 0 Å². The van der Waals surface area contributed by atoms with Crippen molar-refractivity contribution in [3.05, 3.63) is 62.7 Å². The third-order valence-corrected chi connectivity index (χ3v) is 5.29. The summed E-state index contributed by atoms with van der Waals surface area (Å²) < 4.78 is 12.1. The lowest BCUT2D eigenvalue weighted by Gasteiger charge is -2.13. The maximum absolute atomic E-state index is 12.2. The SMILES string of the molecule is COc1cc(/C=C2\NC(=S)N(C)C2=O)c(Br)cc1OCc1ccc(Cl)cc1. The van der Waals surface area contributed by atoms with Crippen LogP contribution in [0.5, 0.6) is 11.5 Å². The number of nitrogens with zero attached hydrogens (tertiary/aromatic N) is 1. The van der Waals surface area contributed by atoms with Crippen molar-refractivity contribution < 1.29 is 14.3 Å². The van der Waals surface area contributed by atoms with Crippen LogP contribution in [-0.2, 0) is 11.4 Å². The lowest BCUT2D eigenvalue weighted by molar-refractivity contribution is -0.121. The minimum atomic E-state index is -0.186. The first-order chi connectivity index (χ1) is 12.9. The molecule has 5 nitrogen and oxygen atoms in total. The van der Waals surface area contributed by atoms with E-state index in [4.69, 9.17) is 33.3 Å². The van der Waals surface area contributed by atoms with E-state index < -0.39 is 0 Å². The van der Waals surface area contributed by atoms with E-state index in [1.54, 1.807) is 26.3 Å². The Hall–Kier alpha value is -2.09. The molecule has 0 bridgehead atoms. The Balaban J connectivity index is 1.84. The molecule has 1 saturated heterocycles. The molecular formula is C19H16BrClN2O3S. The van der Waals surface area contributed by atoms with Crippen LogP contribution in [0.4, 0.5) is 0 Å². The molecule has 1 N–H and O–H groups in total. The molecule has 0 spiro atoms. The van der Waals surface area contributed by atoms with Gasteiger partial charge in [0.05, 0.1) is 7.11 Å². The van der Waals surface area contributed by atoms with Gasteiger partial charge in [-0.1, -0.05) is 39.7 Å². The lowest BCUT2D eigenvalue weighted by atomic mass is 10.1. The van der Waals surface area contributed by atoms with Crippen LogP contribution in [0, 0.1) is 0 Å². The molecule has 0 radical (unpaired) electrons. The Labute approximate surface area is 176 Å². The predicted octanol–water partition coefficient (Wildman–Crippen LogP) is 4.38. The van der Waals surface area contributed by atoms with E-state index in [1.165, 1.54) is 4.90 Å². The summed E-state index contributed by atoms with van der Waals surface area (Å²) in [7, 11) is 3.19. The third kappa shape index (κ3) is 4.43. The maximum Gasteiger partial charge on any atom is 0.276 e. The Morgan fingerprint density at radius 1 is 1.26 bits per heavy atom. The Morgan fingerprint density at radius 2 is 1.96 bits per heavy atom. The van der Waals surface area contributed by atoms with Gasteiger partial charge < -0.3 is 14.8 Å². The van der Waals surface area contributed by atoms with Crippen molar-refractivity contribution in [1.29, 1.82) is 0 Å². The van der Waals surface area contributed by atoms with E-state index in [0.717, 1.165) is 15.6 Å². The normalized spacial score (nSPS) is 15.3. The molecule has 1 aliphatic heterocycles. The zero-order valence-corrected chi connectivity index (χ0v) is 17.7. The number of methoxy groups -OCH3 is 1. The largest absolute Gasteiger partial charge is 0.493 e. The average molecular weight is 468 g/mol. The number of carbonyl (C=O) groups is 1. The lowest BCUT2D eigenvalue weighted by Crippen LogP contribution is -2.25. The fourth-order valence-electron chi connectivity index (χ4n) is 2.45. The first-order valence-electron chi connectivity index (χ1n) is 7.94. The quantitative estimate of drug-likeness (QED) is 0.522. The van der Waals surface area contributed by atoms with Crippen LogP contribution >= 0.6 is 39.7 Å². The number of thiocarbonyl (C=S) groups is 1. The highest BCUT2D eigenvalue weighted by Gasteiger charge is 2.27. The number of hydrogen-bond donors (Lipinski definition) is 1. The first kappa shape index (κ1) is 19.7. The van der Waals surface area contributed by atoms with Gasteiger partial charge in [0.1, 0.15) is 12.3 Å². The Bertz CT molecular complexity index is 931. The summed E-state index contributed by atoms with van der Waals surface area (Å²) in [6, 6.07) is 11.0. The predicted molar refractivity (Wildman–Crippen MR) is 113 cm³/mol. The van der Waals surface area contributed by atoms with Crippen molar-refractivity contribution in [2.75, 3.05) is 14.2 Å². The van der Waals surface area contributed by atoms with Gasteiger partial charge in [-0.05, 0) is 53.7 Å². The highest BCUT2D eigenvalue weighted by molar-refractivity contribution is 9.10. The van der Waals surface area contributed by atoms with Gasteiger partial charge in [-0.15, -0.1) is 0 Å². The third-order valence-electron chi connectivity index (χ3n) is 3.97. The van der Waals surface area contributed by atoms with E-state index in [9.17, 15) is 4.79 Å². The summed E-state index contributed by atoms with van der Waals surface area (Å²) in [6.07, 6.45) is 1.72. The number of nitrogens with one attached hydrogen (secondary N) is 1. The molecule has 2 aromatic rings. The summed E-state index contributed by atoms with van der Waals surface area (Å²) in [5, 5.41) is 3.95. The van der Waals surface area contributed by atoms with Gasteiger partial charge >= 0.3 is 0 Å². The monoisotopic (exact) mass is 466 g/mol. The molecule has 0 saturated carbocycles. The number of benzene rings is 2. The zero-order chi connectivity index (χ0) is 19.6. The first-order valence-corrected chi connectivity index (χ1v) is 9.52. The average Bonchev–Trinajstić information content (AvgIpc) is 2.89. The second-order valence-electron chi connectivity index (χ2n) is 5.79. The number of halogens is 2. The summed E-state index contributed by atoms with van der Waals surface area (Å²) in [6.45, 7) is 0.375. The standard InChI is InChI=1S/C19H16BrClN2O3S/c1-23-18(24)15(22-19(23)27)7-12-8-16(25-2)17(9-14(12)20)26-10-11-3-5-13(21)6-4-11/h3-9H,10H2,1-2H3,(H,22,27)/b15-7-. The van der Waals surface area contributed by atoms with Crippen molar-refractivity contribution >= 4 is 56.8 Å². The maximum atomic E-state index is 12.2. The molecule has 2 aromatic carbocycles. The minimum absolute atomic E-state index is 0.186. The number of likely N-dealkylation sites (N-methyl/N-ethyl adjacent to an activating group) is 1. The number of amides is 1. The Morgan fingerprint density at radius 3 is 2.56 bits per heavy atom. The van der Waals surface area contributed by atoms with Crippen LogP contribution in [0.3, 0.4) is 0 Å². The van der Waals surface area contributed by atoms with Crippen LogP contribution in [0.2, 0.25) is 5.02 Å². The van der Waals surface area contributed by atoms with E-state index >= 15 is 0 Å². The molecule has 140 valence electrons. The van der Waals surface area contributed by atoms with Crippen molar-refractivity contribution in [1.82, 2.24) is 10.2 Å². The van der Waals surface area contributed by atoms with Crippen molar-refractivity contribution in [2.24, 2.45) is 0 Å². The molecular weight excluding hydrogens is 452 g/mol. The van der Waals surface area contributed by atoms with E-state index in [0.29, 0.717) is 33.9 Å². The van der Waals surface area contributed by atoms with Crippen molar-refractivity contribution in [2.45, 2.75) is 6.61 Å². The molecule has 0 unspecified atom stereocenters. The van der Waals surface area contributed by atoms with Gasteiger partial charge in [-0.2, -0.15) is 0 Å². The molecule has 1 amide bonds. The topological polar surface area (TPSA) is 50.8 Å². The molecule has 3 rings (SSSR count). The van der Waals surface area contributed by atoms with Crippen LogP contribution in [-0.4, -0.2) is 30.1 Å². The molecule has 0 atom stereocenters. The molecule has 0 aromatic heterocycles. The van der Waals surface area contributed by atoms with E-state index in [2.05, 4.69) is 21.2 Å².